The van der Waals surface area contributed by atoms with Gasteiger partial charge in [0.15, 0.2) is 0 Å². The summed E-state index contributed by atoms with van der Waals surface area (Å²) in [6.45, 7) is 14.1. The zero-order valence-corrected chi connectivity index (χ0v) is 17.4. The van der Waals surface area contributed by atoms with Crippen LogP contribution in [0.25, 0.3) is 0 Å². The van der Waals surface area contributed by atoms with E-state index in [4.69, 9.17) is 0 Å². The first-order valence-electron chi connectivity index (χ1n) is 8.64. The van der Waals surface area contributed by atoms with Crippen LogP contribution in [0, 0.1) is 0 Å². The van der Waals surface area contributed by atoms with Crippen molar-refractivity contribution in [3.8, 4) is 0 Å². The van der Waals surface area contributed by atoms with Gasteiger partial charge in [-0.25, -0.2) is 0 Å². The first-order chi connectivity index (χ1) is 9.01. The Kier molecular flexibility index (Phi) is 11.5. The molecule has 0 aromatic rings. The first kappa shape index (κ1) is 19.5. The molecule has 0 N–H and O–H groups in total. The van der Waals surface area contributed by atoms with Crippen molar-refractivity contribution >= 4 is 18.4 Å². The molecule has 0 bridgehead atoms. The van der Waals surface area contributed by atoms with E-state index < -0.39 is 18.4 Å². The number of hydrogen-bond donors (Lipinski definition) is 0. The minimum atomic E-state index is -1.88. The fraction of sp³-hybridized carbons (Fsp3) is 0.889. The normalized spacial score (nSPS) is 11.7. The van der Waals surface area contributed by atoms with E-state index in [-0.39, 0.29) is 0 Å². The Morgan fingerprint density at radius 1 is 0.684 bits per heavy atom. The second-order valence-electron chi connectivity index (χ2n) is 6.77. The standard InChI is InChI=1S/C6H11.3C4H9.Sn/c1-5(2)6(3)4;3*1-3-4-2;/h1H2,2-4H3;3*1,3-4H2,2H3;. The summed E-state index contributed by atoms with van der Waals surface area (Å²) < 4.78 is 6.50. The van der Waals surface area contributed by atoms with Gasteiger partial charge in [0.25, 0.3) is 0 Å². The van der Waals surface area contributed by atoms with Crippen molar-refractivity contribution in [2.24, 2.45) is 0 Å². The zero-order valence-electron chi connectivity index (χ0n) is 14.6. The van der Waals surface area contributed by atoms with Gasteiger partial charge in [-0.3, -0.25) is 0 Å². The summed E-state index contributed by atoms with van der Waals surface area (Å²) in [6.07, 6.45) is 8.68. The topological polar surface area (TPSA) is 0 Å². The molecular formula is C18H38Sn. The van der Waals surface area contributed by atoms with Crippen LogP contribution in [0.4, 0.5) is 0 Å². The Labute approximate surface area is 127 Å². The van der Waals surface area contributed by atoms with Gasteiger partial charge in [0, 0.05) is 0 Å². The van der Waals surface area contributed by atoms with Gasteiger partial charge >= 0.3 is 127 Å². The van der Waals surface area contributed by atoms with E-state index in [2.05, 4.69) is 41.5 Å². The molecule has 114 valence electrons. The number of unbranched alkanes of at least 4 members (excludes halogenated alkanes) is 3. The quantitative estimate of drug-likeness (QED) is 0.266. The molecule has 0 heterocycles. The molecule has 0 saturated heterocycles. The van der Waals surface area contributed by atoms with Crippen LogP contribution in [0.2, 0.25) is 17.7 Å². The van der Waals surface area contributed by atoms with Gasteiger partial charge in [-0.2, -0.15) is 0 Å². The van der Waals surface area contributed by atoms with E-state index in [9.17, 15) is 0 Å². The molecule has 0 aromatic heterocycles. The van der Waals surface area contributed by atoms with Crippen molar-refractivity contribution < 1.29 is 0 Å². The molecule has 0 aromatic carbocycles. The Morgan fingerprint density at radius 2 is 1.05 bits per heavy atom. The molecule has 0 aliphatic carbocycles. The summed E-state index contributed by atoms with van der Waals surface area (Å²) >= 11 is -1.88. The maximum atomic E-state index is 2.41. The molecule has 0 fully saturated rings. The van der Waals surface area contributed by atoms with Crippen molar-refractivity contribution in [3.63, 3.8) is 0 Å². The van der Waals surface area contributed by atoms with E-state index >= 15 is 0 Å². The third-order valence-corrected chi connectivity index (χ3v) is 20.4. The van der Waals surface area contributed by atoms with E-state index in [1.165, 1.54) is 38.5 Å². The van der Waals surface area contributed by atoms with Gasteiger partial charge in [-0.1, -0.05) is 0 Å². The molecule has 0 saturated carbocycles. The average molecular weight is 373 g/mol. The van der Waals surface area contributed by atoms with Crippen molar-refractivity contribution in [1.29, 1.82) is 0 Å². The van der Waals surface area contributed by atoms with Gasteiger partial charge in [0.1, 0.15) is 0 Å². The van der Waals surface area contributed by atoms with Crippen molar-refractivity contribution in [2.45, 2.75) is 97.8 Å². The van der Waals surface area contributed by atoms with Gasteiger partial charge in [0.05, 0.1) is 0 Å². The predicted molar refractivity (Wildman–Crippen MR) is 93.8 cm³/mol. The first-order valence-corrected chi connectivity index (χ1v) is 16.7. The fourth-order valence-electron chi connectivity index (χ4n) is 3.03. The second-order valence-corrected chi connectivity index (χ2v) is 20.6. The molecule has 0 aliphatic heterocycles. The summed E-state index contributed by atoms with van der Waals surface area (Å²) in [7, 11) is 0. The van der Waals surface area contributed by atoms with Crippen LogP contribution < -0.4 is 0 Å². The van der Waals surface area contributed by atoms with Crippen molar-refractivity contribution in [2.75, 3.05) is 0 Å². The molecule has 0 spiro atoms. The molecule has 1 heteroatoms. The molecule has 0 rings (SSSR count). The number of hydrogen-bond acceptors (Lipinski definition) is 0. The Balaban J connectivity index is 4.91. The molecule has 0 amide bonds. The summed E-state index contributed by atoms with van der Waals surface area (Å²) in [5.41, 5.74) is 3.32. The van der Waals surface area contributed by atoms with E-state index in [0.29, 0.717) is 0 Å². The second kappa shape index (κ2) is 11.2. The summed E-state index contributed by atoms with van der Waals surface area (Å²) in [4.78, 5) is 0. The van der Waals surface area contributed by atoms with Crippen LogP contribution in [0.1, 0.15) is 80.1 Å². The van der Waals surface area contributed by atoms with Crippen LogP contribution in [0.5, 0.6) is 0 Å². The van der Waals surface area contributed by atoms with Crippen LogP contribution in [-0.2, 0) is 0 Å². The minimum absolute atomic E-state index is 1.39. The molecule has 0 nitrogen and oxygen atoms in total. The average Bonchev–Trinajstić information content (AvgIpc) is 2.40. The molecule has 19 heavy (non-hydrogen) atoms. The zero-order chi connectivity index (χ0) is 14.7. The molecule has 0 aliphatic rings. The Morgan fingerprint density at radius 3 is 1.32 bits per heavy atom. The van der Waals surface area contributed by atoms with Crippen LogP contribution in [-0.4, -0.2) is 18.4 Å². The van der Waals surface area contributed by atoms with Gasteiger partial charge in [0.2, 0.25) is 0 Å². The predicted octanol–water partition coefficient (Wildman–Crippen LogP) is 7.19. The Bertz CT molecular complexity index is 227. The van der Waals surface area contributed by atoms with Gasteiger partial charge < -0.3 is 0 Å². The monoisotopic (exact) mass is 374 g/mol. The summed E-state index contributed by atoms with van der Waals surface area (Å²) in [6, 6.07) is 0. The van der Waals surface area contributed by atoms with Crippen molar-refractivity contribution in [1.82, 2.24) is 0 Å². The van der Waals surface area contributed by atoms with E-state index in [1.807, 2.05) is 0 Å². The van der Waals surface area contributed by atoms with E-state index in [0.717, 1.165) is 0 Å². The van der Waals surface area contributed by atoms with Crippen LogP contribution in [0.15, 0.2) is 11.1 Å². The molecule has 0 radical (unpaired) electrons. The third-order valence-electron chi connectivity index (χ3n) is 4.68. The number of allylic oxidation sites excluding steroid dienone is 2. The van der Waals surface area contributed by atoms with Gasteiger partial charge in [-0.15, -0.1) is 0 Å². The van der Waals surface area contributed by atoms with Crippen molar-refractivity contribution in [3.05, 3.63) is 11.1 Å². The molecule has 0 atom stereocenters. The fourth-order valence-corrected chi connectivity index (χ4v) is 20.4. The van der Waals surface area contributed by atoms with Gasteiger partial charge in [-0.05, 0) is 0 Å². The van der Waals surface area contributed by atoms with Crippen LogP contribution in [0.3, 0.4) is 0 Å². The Hall–Kier alpha value is 0.539. The van der Waals surface area contributed by atoms with E-state index in [1.54, 1.807) is 28.9 Å². The summed E-state index contributed by atoms with van der Waals surface area (Å²) in [5, 5.41) is 0. The number of rotatable bonds is 11. The maximum absolute atomic E-state index is 2.41. The third kappa shape index (κ3) is 8.42. The van der Waals surface area contributed by atoms with Crippen LogP contribution >= 0.6 is 0 Å². The molecular weight excluding hydrogens is 335 g/mol. The summed E-state index contributed by atoms with van der Waals surface area (Å²) in [5.74, 6) is 0. The molecule has 0 unspecified atom stereocenters. The SMILES string of the molecule is CCC[CH2][Sn]([CH2]CCC)([CH2]CCC)[CH2]C(C)=C(C)C.